The van der Waals surface area contributed by atoms with Gasteiger partial charge in [-0.1, -0.05) is 59.6 Å². The maximum absolute atomic E-state index is 12.1. The average molecular weight is 325 g/mol. The lowest BCUT2D eigenvalue weighted by Gasteiger charge is -2.19. The molecule has 0 aromatic heterocycles. The van der Waals surface area contributed by atoms with E-state index in [0.29, 0.717) is 16.3 Å². The van der Waals surface area contributed by atoms with E-state index in [9.17, 15) is 4.79 Å². The maximum atomic E-state index is 12.1. The lowest BCUT2D eigenvalue weighted by molar-refractivity contribution is -0.151. The number of hydrogen-bond donors (Lipinski definition) is 0. The van der Waals surface area contributed by atoms with Crippen LogP contribution in [0.4, 0.5) is 0 Å². The molecule has 5 heteroatoms. The number of esters is 1. The number of halogens is 2. The second kappa shape index (κ2) is 7.34. The van der Waals surface area contributed by atoms with Gasteiger partial charge < -0.3 is 9.47 Å². The Kier molecular flexibility index (Phi) is 5.48. The normalized spacial score (nSPS) is 11.8. The van der Waals surface area contributed by atoms with Gasteiger partial charge in [-0.2, -0.15) is 0 Å². The zero-order valence-corrected chi connectivity index (χ0v) is 12.9. The van der Waals surface area contributed by atoms with Crippen molar-refractivity contribution in [1.82, 2.24) is 0 Å². The van der Waals surface area contributed by atoms with E-state index in [4.69, 9.17) is 32.7 Å². The summed E-state index contributed by atoms with van der Waals surface area (Å²) >= 11 is 12.1. The highest BCUT2D eigenvalue weighted by Crippen LogP contribution is 2.34. The number of hydrogen-bond acceptors (Lipinski definition) is 3. The van der Waals surface area contributed by atoms with Gasteiger partial charge >= 0.3 is 5.97 Å². The molecular formula is C16H14Cl2O3. The first-order valence-corrected chi connectivity index (χ1v) is 7.21. The minimum absolute atomic E-state index is 0.268. The van der Waals surface area contributed by atoms with E-state index >= 15 is 0 Å². The maximum Gasteiger partial charge on any atom is 0.352 e. The fourth-order valence-electron chi connectivity index (χ4n) is 1.80. The molecule has 0 heterocycles. The van der Waals surface area contributed by atoms with Crippen molar-refractivity contribution < 1.29 is 14.3 Å². The van der Waals surface area contributed by atoms with Crippen molar-refractivity contribution in [2.45, 2.75) is 13.0 Å². The molecule has 1 atom stereocenters. The van der Waals surface area contributed by atoms with Gasteiger partial charge in [0.2, 0.25) is 6.10 Å². The molecule has 0 amide bonds. The van der Waals surface area contributed by atoms with Crippen LogP contribution in [0.15, 0.2) is 48.5 Å². The van der Waals surface area contributed by atoms with Gasteiger partial charge in [0.15, 0.2) is 0 Å². The monoisotopic (exact) mass is 324 g/mol. The molecule has 0 bridgehead atoms. The summed E-state index contributed by atoms with van der Waals surface area (Å²) in [6.07, 6.45) is -0.887. The largest absolute Gasteiger partial charge is 0.472 e. The molecule has 0 radical (unpaired) electrons. The fourth-order valence-corrected chi connectivity index (χ4v) is 2.14. The van der Waals surface area contributed by atoms with Crippen molar-refractivity contribution in [3.63, 3.8) is 0 Å². The molecule has 0 N–H and O–H groups in total. The van der Waals surface area contributed by atoms with E-state index in [2.05, 4.69) is 0 Å². The molecule has 0 aliphatic rings. The molecule has 110 valence electrons. The third-order valence-electron chi connectivity index (χ3n) is 2.76. The summed E-state index contributed by atoms with van der Waals surface area (Å²) in [6.45, 7) is 2.02. The quantitative estimate of drug-likeness (QED) is 0.749. The Bertz CT molecular complexity index is 614. The average Bonchev–Trinajstić information content (AvgIpc) is 2.50. The van der Waals surface area contributed by atoms with Crippen LogP contribution in [0.25, 0.3) is 0 Å². The van der Waals surface area contributed by atoms with Crippen LogP contribution in [-0.2, 0) is 9.53 Å². The number of rotatable bonds is 5. The Hall–Kier alpha value is -1.71. The Balaban J connectivity index is 2.32. The molecule has 2 aromatic carbocycles. The summed E-state index contributed by atoms with van der Waals surface area (Å²) < 4.78 is 10.8. The van der Waals surface area contributed by atoms with Crippen LogP contribution in [0, 0.1) is 0 Å². The molecule has 0 fully saturated rings. The van der Waals surface area contributed by atoms with E-state index in [0.717, 1.165) is 0 Å². The van der Waals surface area contributed by atoms with Gasteiger partial charge in [0.25, 0.3) is 0 Å². The lowest BCUT2D eigenvalue weighted by Crippen LogP contribution is -2.21. The first kappa shape index (κ1) is 15.7. The fraction of sp³-hybridized carbons (Fsp3) is 0.188. The minimum Gasteiger partial charge on any atom is -0.472 e. The second-order valence-corrected chi connectivity index (χ2v) is 5.00. The van der Waals surface area contributed by atoms with E-state index < -0.39 is 12.1 Å². The van der Waals surface area contributed by atoms with Crippen LogP contribution in [0.2, 0.25) is 10.0 Å². The number of carbonyl (C=O) groups is 1. The predicted octanol–water partition coefficient (Wildman–Crippen LogP) is 4.68. The van der Waals surface area contributed by atoms with Gasteiger partial charge in [-0.3, -0.25) is 0 Å². The van der Waals surface area contributed by atoms with Crippen molar-refractivity contribution in [1.29, 1.82) is 0 Å². The van der Waals surface area contributed by atoms with E-state index in [-0.39, 0.29) is 11.6 Å². The molecule has 3 nitrogen and oxygen atoms in total. The third kappa shape index (κ3) is 3.90. The highest BCUT2D eigenvalue weighted by Gasteiger charge is 2.25. The van der Waals surface area contributed by atoms with Crippen molar-refractivity contribution in [3.8, 4) is 5.75 Å². The number of carbonyl (C=O) groups excluding carboxylic acids is 1. The molecule has 0 saturated carbocycles. The first-order valence-electron chi connectivity index (χ1n) is 6.45. The molecule has 0 spiro atoms. The predicted molar refractivity (Wildman–Crippen MR) is 82.9 cm³/mol. The first-order chi connectivity index (χ1) is 10.1. The van der Waals surface area contributed by atoms with Crippen LogP contribution < -0.4 is 4.74 Å². The topological polar surface area (TPSA) is 35.5 Å². The van der Waals surface area contributed by atoms with Crippen molar-refractivity contribution in [2.75, 3.05) is 6.61 Å². The standard InChI is InChI=1S/C16H14Cl2O3/c1-2-20-16(19)15(11-7-4-3-5-8-11)21-13-10-6-9-12(17)14(13)18/h3-10,15H,2H2,1H3. The summed E-state index contributed by atoms with van der Waals surface area (Å²) in [5, 5.41) is 0.634. The summed E-state index contributed by atoms with van der Waals surface area (Å²) in [5.74, 6) is -0.134. The molecular weight excluding hydrogens is 311 g/mol. The molecule has 2 aromatic rings. The Morgan fingerprint density at radius 3 is 2.48 bits per heavy atom. The van der Waals surface area contributed by atoms with E-state index in [1.807, 2.05) is 18.2 Å². The Labute approximate surface area is 133 Å². The molecule has 0 saturated heterocycles. The van der Waals surface area contributed by atoms with Gasteiger partial charge in [-0.15, -0.1) is 0 Å². The van der Waals surface area contributed by atoms with Gasteiger partial charge in [-0.25, -0.2) is 4.79 Å². The van der Waals surface area contributed by atoms with Crippen LogP contribution >= 0.6 is 23.2 Å². The summed E-state index contributed by atoms with van der Waals surface area (Å²) in [6, 6.07) is 14.1. The summed E-state index contributed by atoms with van der Waals surface area (Å²) in [4.78, 5) is 12.1. The van der Waals surface area contributed by atoms with Crippen LogP contribution in [0.3, 0.4) is 0 Å². The molecule has 2 rings (SSSR count). The Morgan fingerprint density at radius 1 is 1.10 bits per heavy atom. The van der Waals surface area contributed by atoms with Crippen LogP contribution in [0.1, 0.15) is 18.6 Å². The lowest BCUT2D eigenvalue weighted by atomic mass is 10.1. The third-order valence-corrected chi connectivity index (χ3v) is 3.57. The minimum atomic E-state index is -0.887. The summed E-state index contributed by atoms with van der Waals surface area (Å²) in [7, 11) is 0. The Morgan fingerprint density at radius 2 is 1.81 bits per heavy atom. The van der Waals surface area contributed by atoms with Crippen molar-refractivity contribution >= 4 is 29.2 Å². The van der Waals surface area contributed by atoms with Crippen LogP contribution in [-0.4, -0.2) is 12.6 Å². The van der Waals surface area contributed by atoms with Crippen molar-refractivity contribution in [2.24, 2.45) is 0 Å². The highest BCUT2D eigenvalue weighted by molar-refractivity contribution is 6.42. The van der Waals surface area contributed by atoms with Gasteiger partial charge in [0, 0.05) is 5.56 Å². The van der Waals surface area contributed by atoms with Gasteiger partial charge in [0.05, 0.1) is 11.6 Å². The van der Waals surface area contributed by atoms with E-state index in [1.165, 1.54) is 0 Å². The zero-order valence-electron chi connectivity index (χ0n) is 11.4. The molecule has 21 heavy (non-hydrogen) atoms. The number of benzene rings is 2. The summed E-state index contributed by atoms with van der Waals surface area (Å²) in [5.41, 5.74) is 0.687. The van der Waals surface area contributed by atoms with Crippen LogP contribution in [0.5, 0.6) is 5.75 Å². The molecule has 0 aliphatic heterocycles. The van der Waals surface area contributed by atoms with Gasteiger partial charge in [0.1, 0.15) is 10.8 Å². The second-order valence-electron chi connectivity index (χ2n) is 4.21. The highest BCUT2D eigenvalue weighted by atomic mass is 35.5. The zero-order chi connectivity index (χ0) is 15.2. The van der Waals surface area contributed by atoms with Gasteiger partial charge in [-0.05, 0) is 19.1 Å². The smallest absolute Gasteiger partial charge is 0.352 e. The SMILES string of the molecule is CCOC(=O)C(Oc1cccc(Cl)c1Cl)c1ccccc1. The van der Waals surface area contributed by atoms with Crippen molar-refractivity contribution in [3.05, 3.63) is 64.1 Å². The molecule has 0 aliphatic carbocycles. The molecule has 1 unspecified atom stereocenters. The van der Waals surface area contributed by atoms with E-state index in [1.54, 1.807) is 37.3 Å². The number of ether oxygens (including phenoxy) is 2.